The van der Waals surface area contributed by atoms with Gasteiger partial charge in [0.1, 0.15) is 0 Å². The summed E-state index contributed by atoms with van der Waals surface area (Å²) in [5.41, 5.74) is 1.24. The summed E-state index contributed by atoms with van der Waals surface area (Å²) in [6.45, 7) is 1.47. The van der Waals surface area contributed by atoms with E-state index in [0.717, 1.165) is 29.5 Å². The average Bonchev–Trinajstić information content (AvgIpc) is 3.28. The van der Waals surface area contributed by atoms with Crippen molar-refractivity contribution in [2.24, 2.45) is 0 Å². The molecule has 0 saturated carbocycles. The fourth-order valence-electron chi connectivity index (χ4n) is 3.14. The Labute approximate surface area is 193 Å². The van der Waals surface area contributed by atoms with Crippen molar-refractivity contribution in [3.05, 3.63) is 58.0 Å². The zero-order valence-electron chi connectivity index (χ0n) is 17.2. The summed E-state index contributed by atoms with van der Waals surface area (Å²) in [5, 5.41) is 1.09. The van der Waals surface area contributed by atoms with Crippen molar-refractivity contribution in [1.29, 1.82) is 0 Å². The molecule has 0 amide bonds. The van der Waals surface area contributed by atoms with Crippen LogP contribution in [0, 0.1) is 0 Å². The highest BCUT2D eigenvalue weighted by molar-refractivity contribution is 8.03. The Balaban J connectivity index is 1.79. The van der Waals surface area contributed by atoms with Crippen LogP contribution in [0.1, 0.15) is 25.7 Å². The highest BCUT2D eigenvalue weighted by Gasteiger charge is 2.17. The van der Waals surface area contributed by atoms with Gasteiger partial charge in [0.05, 0.1) is 16.5 Å². The van der Waals surface area contributed by atoms with Crippen LogP contribution in [0.15, 0.2) is 58.0 Å². The number of thioether (sulfide) groups is 2. The number of hydrogen-bond donors (Lipinski definition) is 2. The van der Waals surface area contributed by atoms with Crippen LogP contribution in [0.4, 0.5) is 0 Å². The molecule has 11 heteroatoms. The molecule has 0 spiro atoms. The molecule has 2 aliphatic rings. The van der Waals surface area contributed by atoms with E-state index in [9.17, 15) is 16.8 Å². The maximum absolute atomic E-state index is 10.8. The van der Waals surface area contributed by atoms with E-state index in [2.05, 4.69) is 4.90 Å². The molecule has 0 aromatic heterocycles. The van der Waals surface area contributed by atoms with Gasteiger partial charge in [-0.25, -0.2) is 0 Å². The lowest BCUT2D eigenvalue weighted by Crippen LogP contribution is -2.21. The SMILES string of the molecule is O=S(=O)(O)CCCC1=C(/C=C/C=C/C=C/C=C2\SCCN2CCCS(=O)(=O)O)SCC1. The molecule has 174 valence electrons. The van der Waals surface area contributed by atoms with E-state index in [0.29, 0.717) is 25.8 Å². The standard InChI is InChI=1S/C20H29NO6S4/c22-30(23,24)16-6-8-18-11-14-28-19(18)9-4-2-1-3-5-10-20-21(13-15-29-20)12-7-17-31(25,26)27/h1-5,9-10H,6-8,11-17H2,(H,22,23,24)(H,25,26,27)/b2-1+,5-3+,9-4+,20-10-. The third kappa shape index (κ3) is 11.4. The van der Waals surface area contributed by atoms with Crippen molar-refractivity contribution in [3.63, 3.8) is 0 Å². The molecule has 2 N–H and O–H groups in total. The fourth-order valence-corrected chi connectivity index (χ4v) is 6.36. The number of hydrogen-bond acceptors (Lipinski definition) is 7. The number of rotatable bonds is 12. The zero-order chi connectivity index (χ0) is 22.7. The Morgan fingerprint density at radius 3 is 2.29 bits per heavy atom. The Kier molecular flexibility index (Phi) is 10.9. The minimum absolute atomic E-state index is 0.200. The highest BCUT2D eigenvalue weighted by atomic mass is 32.2. The van der Waals surface area contributed by atoms with Gasteiger partial charge in [-0.3, -0.25) is 9.11 Å². The third-order valence-corrected chi connectivity index (χ3v) is 8.40. The lowest BCUT2D eigenvalue weighted by Gasteiger charge is -2.17. The van der Waals surface area contributed by atoms with Crippen molar-refractivity contribution in [2.75, 3.05) is 36.1 Å². The molecule has 0 bridgehead atoms. The molecule has 0 aliphatic carbocycles. The van der Waals surface area contributed by atoms with Gasteiger partial charge in [-0.05, 0) is 37.8 Å². The summed E-state index contributed by atoms with van der Waals surface area (Å²) < 4.78 is 61.0. The second kappa shape index (κ2) is 12.9. The second-order valence-corrected chi connectivity index (χ2v) is 12.5. The van der Waals surface area contributed by atoms with Crippen molar-refractivity contribution >= 4 is 43.8 Å². The molecule has 1 saturated heterocycles. The summed E-state index contributed by atoms with van der Waals surface area (Å²) in [6, 6.07) is 0. The number of allylic oxidation sites excluding steroid dienone is 8. The van der Waals surface area contributed by atoms with E-state index >= 15 is 0 Å². The molecule has 7 nitrogen and oxygen atoms in total. The predicted molar refractivity (Wildman–Crippen MR) is 130 cm³/mol. The summed E-state index contributed by atoms with van der Waals surface area (Å²) >= 11 is 3.48. The van der Waals surface area contributed by atoms with Crippen LogP contribution in [-0.4, -0.2) is 66.9 Å². The summed E-state index contributed by atoms with van der Waals surface area (Å²) in [4.78, 5) is 3.30. The Bertz CT molecular complexity index is 962. The van der Waals surface area contributed by atoms with E-state index in [-0.39, 0.29) is 11.5 Å². The van der Waals surface area contributed by atoms with Gasteiger partial charge >= 0.3 is 0 Å². The first-order chi connectivity index (χ1) is 14.6. The van der Waals surface area contributed by atoms with Gasteiger partial charge in [0.25, 0.3) is 20.2 Å². The lowest BCUT2D eigenvalue weighted by atomic mass is 10.1. The molecule has 2 rings (SSSR count). The highest BCUT2D eigenvalue weighted by Crippen LogP contribution is 2.34. The van der Waals surface area contributed by atoms with Crippen molar-refractivity contribution in [1.82, 2.24) is 4.90 Å². The molecule has 2 heterocycles. The Morgan fingerprint density at radius 2 is 1.55 bits per heavy atom. The maximum atomic E-state index is 10.8. The first-order valence-electron chi connectivity index (χ1n) is 9.99. The van der Waals surface area contributed by atoms with E-state index in [1.54, 1.807) is 23.5 Å². The van der Waals surface area contributed by atoms with Gasteiger partial charge in [0.15, 0.2) is 0 Å². The van der Waals surface area contributed by atoms with E-state index in [1.807, 2.05) is 42.5 Å². The van der Waals surface area contributed by atoms with Crippen LogP contribution >= 0.6 is 23.5 Å². The molecule has 2 aliphatic heterocycles. The van der Waals surface area contributed by atoms with Crippen LogP contribution in [0.5, 0.6) is 0 Å². The molecule has 0 atom stereocenters. The quantitative estimate of drug-likeness (QED) is 0.300. The molecule has 0 unspecified atom stereocenters. The van der Waals surface area contributed by atoms with E-state index in [4.69, 9.17) is 9.11 Å². The van der Waals surface area contributed by atoms with Gasteiger partial charge in [0.2, 0.25) is 0 Å². The monoisotopic (exact) mass is 507 g/mol. The zero-order valence-corrected chi connectivity index (χ0v) is 20.5. The normalized spacial score (nSPS) is 19.9. The summed E-state index contributed by atoms with van der Waals surface area (Å²) in [7, 11) is -7.80. The number of nitrogens with zero attached hydrogens (tertiary/aromatic N) is 1. The topological polar surface area (TPSA) is 112 Å². The van der Waals surface area contributed by atoms with Crippen LogP contribution in [0.3, 0.4) is 0 Å². The summed E-state index contributed by atoms with van der Waals surface area (Å²) in [6.07, 6.45) is 16.2. The largest absolute Gasteiger partial charge is 0.366 e. The van der Waals surface area contributed by atoms with E-state index in [1.165, 1.54) is 10.5 Å². The van der Waals surface area contributed by atoms with Gasteiger partial charge in [-0.1, -0.05) is 36.0 Å². The molecule has 0 aromatic rings. The van der Waals surface area contributed by atoms with Crippen LogP contribution in [0.25, 0.3) is 0 Å². The van der Waals surface area contributed by atoms with Crippen LogP contribution in [-0.2, 0) is 20.2 Å². The average molecular weight is 508 g/mol. The molecule has 31 heavy (non-hydrogen) atoms. The van der Waals surface area contributed by atoms with Crippen molar-refractivity contribution < 1.29 is 25.9 Å². The lowest BCUT2D eigenvalue weighted by molar-refractivity contribution is 0.398. The second-order valence-electron chi connectivity index (χ2n) is 7.06. The minimum atomic E-state index is -3.91. The van der Waals surface area contributed by atoms with Gasteiger partial charge in [0, 0.05) is 29.5 Å². The fraction of sp³-hybridized carbons (Fsp3) is 0.500. The first-order valence-corrected chi connectivity index (χ1v) is 15.2. The third-order valence-electron chi connectivity index (χ3n) is 4.57. The minimum Gasteiger partial charge on any atom is -0.366 e. The molecular formula is C20H29NO6S4. The Morgan fingerprint density at radius 1 is 0.871 bits per heavy atom. The van der Waals surface area contributed by atoms with Gasteiger partial charge in [-0.15, -0.1) is 23.5 Å². The van der Waals surface area contributed by atoms with Crippen molar-refractivity contribution in [2.45, 2.75) is 25.7 Å². The predicted octanol–water partition coefficient (Wildman–Crippen LogP) is 3.88. The van der Waals surface area contributed by atoms with Gasteiger partial charge in [-0.2, -0.15) is 16.8 Å². The smallest absolute Gasteiger partial charge is 0.264 e. The van der Waals surface area contributed by atoms with Crippen LogP contribution in [0.2, 0.25) is 0 Å². The van der Waals surface area contributed by atoms with Gasteiger partial charge < -0.3 is 4.90 Å². The first kappa shape index (κ1) is 26.3. The molecular weight excluding hydrogens is 478 g/mol. The van der Waals surface area contributed by atoms with E-state index < -0.39 is 20.2 Å². The maximum Gasteiger partial charge on any atom is 0.264 e. The summed E-state index contributed by atoms with van der Waals surface area (Å²) in [5.74, 6) is 1.54. The molecule has 0 aromatic carbocycles. The Hall–Kier alpha value is -0.980. The molecule has 0 radical (unpaired) electrons. The van der Waals surface area contributed by atoms with Crippen LogP contribution < -0.4 is 0 Å². The van der Waals surface area contributed by atoms with Crippen molar-refractivity contribution in [3.8, 4) is 0 Å². The molecule has 1 fully saturated rings.